The van der Waals surface area contributed by atoms with Gasteiger partial charge in [-0.1, -0.05) is 18.2 Å². The SMILES string of the molecule is O=C(O)CC1(NC(=O)c2ccc3c(c2)CCC=C3)CCOC1. The van der Waals surface area contributed by atoms with Crippen molar-refractivity contribution in [2.75, 3.05) is 13.2 Å². The quantitative estimate of drug-likeness (QED) is 0.892. The third kappa shape index (κ3) is 3.04. The molecule has 3 rings (SSSR count). The monoisotopic (exact) mass is 301 g/mol. The summed E-state index contributed by atoms with van der Waals surface area (Å²) in [5.74, 6) is -1.16. The molecule has 0 aromatic heterocycles. The highest BCUT2D eigenvalue weighted by molar-refractivity contribution is 5.95. The second kappa shape index (κ2) is 5.93. The van der Waals surface area contributed by atoms with Crippen LogP contribution in [0.5, 0.6) is 0 Å². The zero-order valence-electron chi connectivity index (χ0n) is 12.3. The van der Waals surface area contributed by atoms with Gasteiger partial charge in [0.05, 0.1) is 18.6 Å². The second-order valence-corrected chi connectivity index (χ2v) is 5.96. The minimum Gasteiger partial charge on any atom is -0.481 e. The first-order valence-electron chi connectivity index (χ1n) is 7.50. The van der Waals surface area contributed by atoms with Crippen molar-refractivity contribution in [3.05, 3.63) is 41.0 Å². The number of nitrogens with one attached hydrogen (secondary N) is 1. The summed E-state index contributed by atoms with van der Waals surface area (Å²) in [5, 5.41) is 12.0. The number of carbonyl (C=O) groups excluding carboxylic acids is 1. The van der Waals surface area contributed by atoms with Crippen LogP contribution in [0.4, 0.5) is 0 Å². The van der Waals surface area contributed by atoms with Crippen LogP contribution in [0.2, 0.25) is 0 Å². The lowest BCUT2D eigenvalue weighted by Gasteiger charge is -2.27. The Morgan fingerprint density at radius 2 is 2.23 bits per heavy atom. The first kappa shape index (κ1) is 14.8. The average Bonchev–Trinajstić information content (AvgIpc) is 2.94. The largest absolute Gasteiger partial charge is 0.481 e. The highest BCUT2D eigenvalue weighted by Gasteiger charge is 2.38. The van der Waals surface area contributed by atoms with Gasteiger partial charge in [0, 0.05) is 12.2 Å². The molecule has 1 aliphatic heterocycles. The standard InChI is InChI=1S/C17H19NO4/c19-15(20)10-17(7-8-22-11-17)18-16(21)14-6-5-12-3-1-2-4-13(12)9-14/h1,3,5-6,9H,2,4,7-8,10-11H2,(H,18,21)(H,19,20). The Morgan fingerprint density at radius 1 is 1.36 bits per heavy atom. The van der Waals surface area contributed by atoms with E-state index < -0.39 is 11.5 Å². The van der Waals surface area contributed by atoms with Gasteiger partial charge in [0.25, 0.3) is 5.91 Å². The van der Waals surface area contributed by atoms with Crippen molar-refractivity contribution in [2.45, 2.75) is 31.2 Å². The fourth-order valence-corrected chi connectivity index (χ4v) is 3.07. The molecule has 0 bridgehead atoms. The van der Waals surface area contributed by atoms with Crippen LogP contribution in [0.15, 0.2) is 24.3 Å². The van der Waals surface area contributed by atoms with Crippen LogP contribution in [0.25, 0.3) is 6.08 Å². The van der Waals surface area contributed by atoms with E-state index in [4.69, 9.17) is 9.84 Å². The molecule has 1 aromatic carbocycles. The van der Waals surface area contributed by atoms with Crippen molar-refractivity contribution < 1.29 is 19.4 Å². The van der Waals surface area contributed by atoms with Crippen LogP contribution in [-0.2, 0) is 16.0 Å². The Kier molecular flexibility index (Phi) is 3.98. The van der Waals surface area contributed by atoms with Gasteiger partial charge in [-0.05, 0) is 42.5 Å². The molecule has 22 heavy (non-hydrogen) atoms. The molecule has 1 amide bonds. The van der Waals surface area contributed by atoms with Gasteiger partial charge in [-0.2, -0.15) is 0 Å². The fourth-order valence-electron chi connectivity index (χ4n) is 3.07. The molecule has 1 aromatic rings. The average molecular weight is 301 g/mol. The minimum atomic E-state index is -0.929. The van der Waals surface area contributed by atoms with Gasteiger partial charge in [0.2, 0.25) is 0 Å². The van der Waals surface area contributed by atoms with Gasteiger partial charge in [-0.15, -0.1) is 0 Å². The summed E-state index contributed by atoms with van der Waals surface area (Å²) in [6, 6.07) is 5.63. The first-order chi connectivity index (χ1) is 10.6. The molecule has 1 atom stereocenters. The van der Waals surface area contributed by atoms with E-state index in [1.807, 2.05) is 12.1 Å². The van der Waals surface area contributed by atoms with Crippen LogP contribution in [0.1, 0.15) is 40.7 Å². The number of fused-ring (bicyclic) bond motifs is 1. The first-order valence-corrected chi connectivity index (χ1v) is 7.50. The Bertz CT molecular complexity index is 630. The highest BCUT2D eigenvalue weighted by atomic mass is 16.5. The van der Waals surface area contributed by atoms with Crippen molar-refractivity contribution >= 4 is 18.0 Å². The molecule has 0 radical (unpaired) electrons. The normalized spacial score (nSPS) is 23.1. The van der Waals surface area contributed by atoms with Gasteiger partial charge in [-0.3, -0.25) is 9.59 Å². The summed E-state index contributed by atoms with van der Waals surface area (Å²) in [7, 11) is 0. The number of carbonyl (C=O) groups is 2. The van der Waals surface area contributed by atoms with Gasteiger partial charge in [0.15, 0.2) is 0 Å². The number of ether oxygens (including phenoxy) is 1. The maximum absolute atomic E-state index is 12.5. The number of carboxylic acids is 1. The molecule has 1 aliphatic carbocycles. The van der Waals surface area contributed by atoms with E-state index in [0.29, 0.717) is 18.6 Å². The van der Waals surface area contributed by atoms with Crippen LogP contribution >= 0.6 is 0 Å². The van der Waals surface area contributed by atoms with E-state index in [-0.39, 0.29) is 18.9 Å². The lowest BCUT2D eigenvalue weighted by molar-refractivity contribution is -0.138. The van der Waals surface area contributed by atoms with Gasteiger partial charge in [-0.25, -0.2) is 0 Å². The summed E-state index contributed by atoms with van der Waals surface area (Å²) in [6.45, 7) is 0.723. The number of rotatable bonds is 4. The van der Waals surface area contributed by atoms with E-state index in [9.17, 15) is 9.59 Å². The summed E-state index contributed by atoms with van der Waals surface area (Å²) >= 11 is 0. The predicted octanol–water partition coefficient (Wildman–Crippen LogP) is 2.01. The third-order valence-corrected chi connectivity index (χ3v) is 4.25. The zero-order chi connectivity index (χ0) is 15.6. The molecule has 1 fully saturated rings. The summed E-state index contributed by atoms with van der Waals surface area (Å²) in [4.78, 5) is 23.6. The highest BCUT2D eigenvalue weighted by Crippen LogP contribution is 2.25. The molecule has 116 valence electrons. The van der Waals surface area contributed by atoms with Gasteiger partial charge >= 0.3 is 5.97 Å². The Labute approximate surface area is 129 Å². The number of allylic oxidation sites excluding steroid dienone is 1. The predicted molar refractivity (Wildman–Crippen MR) is 81.7 cm³/mol. The smallest absolute Gasteiger partial charge is 0.305 e. The Morgan fingerprint density at radius 3 is 2.95 bits per heavy atom. The van der Waals surface area contributed by atoms with Crippen molar-refractivity contribution in [3.8, 4) is 0 Å². The fraction of sp³-hybridized carbons (Fsp3) is 0.412. The number of hydrogen-bond donors (Lipinski definition) is 2. The van der Waals surface area contributed by atoms with Crippen LogP contribution in [0, 0.1) is 0 Å². The summed E-state index contributed by atoms with van der Waals surface area (Å²) < 4.78 is 5.30. The molecule has 1 saturated heterocycles. The van der Waals surface area contributed by atoms with Crippen molar-refractivity contribution in [3.63, 3.8) is 0 Å². The van der Waals surface area contributed by atoms with Gasteiger partial charge < -0.3 is 15.2 Å². The number of amides is 1. The third-order valence-electron chi connectivity index (χ3n) is 4.25. The number of carboxylic acid groups (broad SMARTS) is 1. The zero-order valence-corrected chi connectivity index (χ0v) is 12.3. The Hall–Kier alpha value is -2.14. The summed E-state index contributed by atoms with van der Waals surface area (Å²) in [5.41, 5.74) is 2.08. The van der Waals surface area contributed by atoms with Crippen LogP contribution in [-0.4, -0.2) is 35.7 Å². The number of aliphatic carboxylic acids is 1. The van der Waals surface area contributed by atoms with Crippen LogP contribution < -0.4 is 5.32 Å². The van der Waals surface area contributed by atoms with E-state index in [2.05, 4.69) is 17.5 Å². The van der Waals surface area contributed by atoms with E-state index in [1.54, 1.807) is 6.07 Å². The van der Waals surface area contributed by atoms with Crippen molar-refractivity contribution in [2.24, 2.45) is 0 Å². The molecular formula is C17H19NO4. The molecule has 0 saturated carbocycles. The minimum absolute atomic E-state index is 0.119. The Balaban J connectivity index is 1.78. The lowest BCUT2D eigenvalue weighted by Crippen LogP contribution is -2.50. The van der Waals surface area contributed by atoms with Crippen molar-refractivity contribution in [1.82, 2.24) is 5.32 Å². The lowest BCUT2D eigenvalue weighted by atomic mass is 9.92. The molecule has 1 heterocycles. The molecule has 2 aliphatic rings. The molecule has 1 unspecified atom stereocenters. The van der Waals surface area contributed by atoms with Crippen LogP contribution in [0.3, 0.4) is 0 Å². The van der Waals surface area contributed by atoms with Gasteiger partial charge in [0.1, 0.15) is 0 Å². The van der Waals surface area contributed by atoms with E-state index >= 15 is 0 Å². The number of hydrogen-bond acceptors (Lipinski definition) is 3. The molecule has 2 N–H and O–H groups in total. The van der Waals surface area contributed by atoms with Crippen molar-refractivity contribution in [1.29, 1.82) is 0 Å². The topological polar surface area (TPSA) is 75.6 Å². The maximum atomic E-state index is 12.5. The second-order valence-electron chi connectivity index (χ2n) is 5.96. The maximum Gasteiger partial charge on any atom is 0.305 e. The molecule has 0 spiro atoms. The molecule has 5 nitrogen and oxygen atoms in total. The number of aryl methyl sites for hydroxylation is 1. The summed E-state index contributed by atoms with van der Waals surface area (Å²) in [6.07, 6.45) is 6.51. The van der Waals surface area contributed by atoms with E-state index in [0.717, 1.165) is 24.0 Å². The van der Waals surface area contributed by atoms with E-state index in [1.165, 1.54) is 0 Å². The molecule has 5 heteroatoms. The number of benzene rings is 1. The molecular weight excluding hydrogens is 282 g/mol.